The molecule has 0 saturated carbocycles. The fraction of sp³-hybridized carbons (Fsp3) is 0.333. The van der Waals surface area contributed by atoms with Crippen LogP contribution in [0.25, 0.3) is 0 Å². The van der Waals surface area contributed by atoms with E-state index in [1.54, 1.807) is 30.5 Å². The van der Waals surface area contributed by atoms with Crippen LogP contribution in [0.3, 0.4) is 0 Å². The van der Waals surface area contributed by atoms with Crippen LogP contribution >= 0.6 is 35.3 Å². The van der Waals surface area contributed by atoms with E-state index >= 15 is 0 Å². The highest BCUT2D eigenvalue weighted by Gasteiger charge is 2.04. The van der Waals surface area contributed by atoms with Crippen molar-refractivity contribution in [1.29, 1.82) is 0 Å². The summed E-state index contributed by atoms with van der Waals surface area (Å²) in [5.41, 5.74) is 1.72. The van der Waals surface area contributed by atoms with E-state index in [2.05, 4.69) is 34.7 Å². The average molecular weight is 473 g/mol. The number of esters is 1. The van der Waals surface area contributed by atoms with E-state index < -0.39 is 0 Å². The SMILES string of the molecule is CN=C(NCCc1ccc(C(=O)OC)cc1)NCc1ccc(C)s1.I. The standard InChI is InChI=1S/C18H23N3O2S.HI/c1-13-4-9-16(24-13)12-21-18(19-2)20-11-10-14-5-7-15(8-6-14)17(22)23-3;/h4-9H,10-12H2,1-3H3,(H2,19,20,21);1H. The summed E-state index contributed by atoms with van der Waals surface area (Å²) < 4.78 is 4.69. The Morgan fingerprint density at radius 2 is 1.88 bits per heavy atom. The van der Waals surface area contributed by atoms with Crippen molar-refractivity contribution in [3.8, 4) is 0 Å². The van der Waals surface area contributed by atoms with Gasteiger partial charge in [-0.2, -0.15) is 0 Å². The highest BCUT2D eigenvalue weighted by molar-refractivity contribution is 14.0. The molecule has 0 bridgehead atoms. The molecule has 0 saturated heterocycles. The topological polar surface area (TPSA) is 62.7 Å². The number of nitrogens with zero attached hydrogens (tertiary/aromatic N) is 1. The van der Waals surface area contributed by atoms with E-state index in [1.165, 1.54) is 16.9 Å². The molecule has 2 aromatic rings. The second-order valence-corrected chi connectivity index (χ2v) is 6.68. The molecule has 2 rings (SSSR count). The zero-order valence-electron chi connectivity index (χ0n) is 14.7. The van der Waals surface area contributed by atoms with Gasteiger partial charge >= 0.3 is 5.97 Å². The van der Waals surface area contributed by atoms with Gasteiger partial charge in [-0.15, -0.1) is 35.3 Å². The first kappa shape index (κ1) is 21.4. The minimum atomic E-state index is -0.312. The van der Waals surface area contributed by atoms with Crippen LogP contribution in [0.5, 0.6) is 0 Å². The van der Waals surface area contributed by atoms with Crippen LogP contribution in [0.1, 0.15) is 25.7 Å². The van der Waals surface area contributed by atoms with Crippen molar-refractivity contribution < 1.29 is 9.53 Å². The average Bonchev–Trinajstić information content (AvgIpc) is 3.03. The molecule has 0 aliphatic heterocycles. The van der Waals surface area contributed by atoms with E-state index in [4.69, 9.17) is 4.74 Å². The first-order valence-corrected chi connectivity index (χ1v) is 8.61. The quantitative estimate of drug-likeness (QED) is 0.292. The van der Waals surface area contributed by atoms with Crippen molar-refractivity contribution >= 4 is 47.2 Å². The van der Waals surface area contributed by atoms with E-state index in [0.29, 0.717) is 5.56 Å². The number of benzene rings is 1. The highest BCUT2D eigenvalue weighted by atomic mass is 127. The van der Waals surface area contributed by atoms with Crippen LogP contribution in [0.4, 0.5) is 0 Å². The Bertz CT molecular complexity index is 699. The third-order valence-corrected chi connectivity index (χ3v) is 4.53. The molecule has 0 atom stereocenters. The Balaban J connectivity index is 0.00000312. The number of nitrogens with one attached hydrogen (secondary N) is 2. The van der Waals surface area contributed by atoms with Gasteiger partial charge in [0.25, 0.3) is 0 Å². The van der Waals surface area contributed by atoms with E-state index in [9.17, 15) is 4.79 Å². The summed E-state index contributed by atoms with van der Waals surface area (Å²) in [5.74, 6) is 0.473. The summed E-state index contributed by atoms with van der Waals surface area (Å²) in [4.78, 5) is 18.2. The van der Waals surface area contributed by atoms with Gasteiger partial charge < -0.3 is 15.4 Å². The van der Waals surface area contributed by atoms with Crippen molar-refractivity contribution in [3.63, 3.8) is 0 Å². The fourth-order valence-electron chi connectivity index (χ4n) is 2.22. The van der Waals surface area contributed by atoms with Crippen molar-refractivity contribution in [2.45, 2.75) is 19.9 Å². The first-order chi connectivity index (χ1) is 11.6. The Hall–Kier alpha value is -1.61. The molecule has 1 aromatic heterocycles. The Morgan fingerprint density at radius 1 is 1.16 bits per heavy atom. The number of hydrogen-bond acceptors (Lipinski definition) is 4. The number of aryl methyl sites for hydroxylation is 1. The molecule has 0 aliphatic rings. The molecule has 0 spiro atoms. The summed E-state index contributed by atoms with van der Waals surface area (Å²) in [5, 5.41) is 6.60. The van der Waals surface area contributed by atoms with Crippen LogP contribution in [-0.2, 0) is 17.7 Å². The number of rotatable bonds is 6. The van der Waals surface area contributed by atoms with Crippen LogP contribution < -0.4 is 10.6 Å². The normalized spacial score (nSPS) is 10.8. The van der Waals surface area contributed by atoms with Gasteiger partial charge in [-0.1, -0.05) is 12.1 Å². The zero-order chi connectivity index (χ0) is 17.4. The van der Waals surface area contributed by atoms with Gasteiger partial charge in [0.1, 0.15) is 0 Å². The van der Waals surface area contributed by atoms with Gasteiger partial charge in [0.15, 0.2) is 5.96 Å². The number of methoxy groups -OCH3 is 1. The van der Waals surface area contributed by atoms with Crippen LogP contribution in [0.2, 0.25) is 0 Å². The maximum Gasteiger partial charge on any atom is 0.337 e. The van der Waals surface area contributed by atoms with Crippen LogP contribution in [0.15, 0.2) is 41.4 Å². The number of hydrogen-bond donors (Lipinski definition) is 2. The van der Waals surface area contributed by atoms with Gasteiger partial charge in [-0.3, -0.25) is 4.99 Å². The van der Waals surface area contributed by atoms with Crippen LogP contribution in [-0.4, -0.2) is 32.6 Å². The minimum Gasteiger partial charge on any atom is -0.465 e. The van der Waals surface area contributed by atoms with E-state index in [1.807, 2.05) is 12.1 Å². The van der Waals surface area contributed by atoms with Crippen LogP contribution in [0, 0.1) is 6.92 Å². The number of halogens is 1. The highest BCUT2D eigenvalue weighted by Crippen LogP contribution is 2.14. The second kappa shape index (κ2) is 11.1. The molecule has 136 valence electrons. The second-order valence-electron chi connectivity index (χ2n) is 5.30. The Labute approximate surface area is 169 Å². The van der Waals surface area contributed by atoms with Crippen molar-refractivity contribution in [2.75, 3.05) is 20.7 Å². The number of thiophene rings is 1. The molecule has 5 nitrogen and oxygen atoms in total. The Kier molecular flexibility index (Phi) is 9.51. The molecule has 0 radical (unpaired) electrons. The van der Waals surface area contributed by atoms with Crippen molar-refractivity contribution in [1.82, 2.24) is 10.6 Å². The van der Waals surface area contributed by atoms with E-state index in [0.717, 1.165) is 31.0 Å². The molecule has 0 aliphatic carbocycles. The smallest absolute Gasteiger partial charge is 0.337 e. The molecule has 0 fully saturated rings. The number of aliphatic imine (C=N–C) groups is 1. The van der Waals surface area contributed by atoms with Crippen molar-refractivity contribution in [3.05, 3.63) is 57.3 Å². The lowest BCUT2D eigenvalue weighted by molar-refractivity contribution is 0.0600. The molecule has 2 N–H and O–H groups in total. The predicted octanol–water partition coefficient (Wildman–Crippen LogP) is 3.37. The lowest BCUT2D eigenvalue weighted by Gasteiger charge is -2.11. The molecule has 1 aromatic carbocycles. The molecular weight excluding hydrogens is 449 g/mol. The molecule has 1 heterocycles. The largest absolute Gasteiger partial charge is 0.465 e. The maximum atomic E-state index is 11.4. The van der Waals surface area contributed by atoms with Gasteiger partial charge in [-0.05, 0) is 43.2 Å². The zero-order valence-corrected chi connectivity index (χ0v) is 17.8. The number of carbonyl (C=O) groups is 1. The third kappa shape index (κ3) is 7.03. The Morgan fingerprint density at radius 3 is 2.44 bits per heavy atom. The summed E-state index contributed by atoms with van der Waals surface area (Å²) >= 11 is 1.78. The molecule has 0 amide bonds. The number of guanidine groups is 1. The molecule has 0 unspecified atom stereocenters. The summed E-state index contributed by atoms with van der Waals surface area (Å²) in [6.07, 6.45) is 0.847. The number of ether oxygens (including phenoxy) is 1. The fourth-order valence-corrected chi connectivity index (χ4v) is 3.05. The third-order valence-electron chi connectivity index (χ3n) is 3.53. The van der Waals surface area contributed by atoms with Gasteiger partial charge in [-0.25, -0.2) is 4.79 Å². The van der Waals surface area contributed by atoms with Crippen molar-refractivity contribution in [2.24, 2.45) is 4.99 Å². The lowest BCUT2D eigenvalue weighted by Crippen LogP contribution is -2.37. The van der Waals surface area contributed by atoms with Gasteiger partial charge in [0, 0.05) is 23.3 Å². The minimum absolute atomic E-state index is 0. The monoisotopic (exact) mass is 473 g/mol. The summed E-state index contributed by atoms with van der Waals surface area (Å²) in [6, 6.07) is 11.7. The first-order valence-electron chi connectivity index (χ1n) is 7.79. The summed E-state index contributed by atoms with van der Waals surface area (Å²) in [7, 11) is 3.15. The van der Waals surface area contributed by atoms with E-state index in [-0.39, 0.29) is 29.9 Å². The molecular formula is C18H24IN3O2S. The lowest BCUT2D eigenvalue weighted by atomic mass is 10.1. The summed E-state index contributed by atoms with van der Waals surface area (Å²) in [6.45, 7) is 3.64. The number of carbonyl (C=O) groups excluding carboxylic acids is 1. The van der Waals surface area contributed by atoms with Gasteiger partial charge in [0.2, 0.25) is 0 Å². The predicted molar refractivity (Wildman–Crippen MR) is 114 cm³/mol. The molecule has 7 heteroatoms. The van der Waals surface area contributed by atoms with Gasteiger partial charge in [0.05, 0.1) is 19.2 Å². The maximum absolute atomic E-state index is 11.4. The molecule has 25 heavy (non-hydrogen) atoms.